The molecule has 18 heavy (non-hydrogen) atoms. The van der Waals surface area contributed by atoms with Crippen molar-refractivity contribution in [2.24, 2.45) is 5.92 Å². The van der Waals surface area contributed by atoms with Gasteiger partial charge in [-0.15, -0.1) is 11.8 Å². The van der Waals surface area contributed by atoms with Gasteiger partial charge in [0.15, 0.2) is 0 Å². The van der Waals surface area contributed by atoms with Crippen molar-refractivity contribution in [2.75, 3.05) is 25.6 Å². The molecular formula is C15H18O2S. The first-order chi connectivity index (χ1) is 8.93. The first kappa shape index (κ1) is 12.1. The Labute approximate surface area is 112 Å². The minimum absolute atomic E-state index is 0.398. The molecule has 0 aromatic rings. The van der Waals surface area contributed by atoms with Gasteiger partial charge < -0.3 is 9.47 Å². The van der Waals surface area contributed by atoms with Gasteiger partial charge in [-0.1, -0.05) is 18.2 Å². The van der Waals surface area contributed by atoms with E-state index in [0.717, 1.165) is 38.4 Å². The zero-order chi connectivity index (χ0) is 12.2. The number of rotatable bonds is 2. The summed E-state index contributed by atoms with van der Waals surface area (Å²) in [5.41, 5.74) is 4.01. The molecule has 3 aliphatic rings. The predicted octanol–water partition coefficient (Wildman–Crippen LogP) is 3.44. The lowest BCUT2D eigenvalue weighted by atomic mass is 9.90. The van der Waals surface area contributed by atoms with Crippen LogP contribution >= 0.6 is 11.8 Å². The Hall–Kier alpha value is -0.930. The van der Waals surface area contributed by atoms with E-state index in [9.17, 15) is 0 Å². The van der Waals surface area contributed by atoms with Crippen LogP contribution in [0.2, 0.25) is 0 Å². The molecule has 0 spiro atoms. The number of hydrogen-bond donors (Lipinski definition) is 0. The molecule has 0 fully saturated rings. The zero-order valence-corrected chi connectivity index (χ0v) is 11.2. The van der Waals surface area contributed by atoms with Gasteiger partial charge in [-0.05, 0) is 35.0 Å². The van der Waals surface area contributed by atoms with Crippen LogP contribution in [0.1, 0.15) is 12.8 Å². The highest BCUT2D eigenvalue weighted by Crippen LogP contribution is 2.30. The molecule has 1 atom stereocenters. The normalized spacial score (nSPS) is 28.0. The van der Waals surface area contributed by atoms with E-state index < -0.39 is 0 Å². The number of thioether (sulfide) groups is 1. The van der Waals surface area contributed by atoms with Crippen molar-refractivity contribution in [3.05, 3.63) is 46.6 Å². The van der Waals surface area contributed by atoms with Gasteiger partial charge in [0.1, 0.15) is 0 Å². The molecule has 3 aliphatic heterocycles. The molecule has 0 aliphatic carbocycles. The molecule has 0 amide bonds. The van der Waals surface area contributed by atoms with Gasteiger partial charge in [-0.2, -0.15) is 0 Å². The van der Waals surface area contributed by atoms with Crippen molar-refractivity contribution in [3.63, 3.8) is 0 Å². The van der Waals surface area contributed by atoms with Crippen LogP contribution in [-0.2, 0) is 9.47 Å². The van der Waals surface area contributed by atoms with Gasteiger partial charge in [0, 0.05) is 11.7 Å². The van der Waals surface area contributed by atoms with Crippen molar-refractivity contribution < 1.29 is 9.47 Å². The molecular weight excluding hydrogens is 244 g/mol. The molecule has 3 heteroatoms. The largest absolute Gasteiger partial charge is 0.501 e. The van der Waals surface area contributed by atoms with Crippen LogP contribution in [-0.4, -0.2) is 25.6 Å². The fraction of sp³-hybridized carbons (Fsp3) is 0.467. The summed E-state index contributed by atoms with van der Waals surface area (Å²) in [5, 5.41) is 2.24. The molecule has 0 saturated carbocycles. The second-order valence-corrected chi connectivity index (χ2v) is 5.69. The first-order valence-corrected chi connectivity index (χ1v) is 7.56. The Morgan fingerprint density at radius 3 is 3.11 bits per heavy atom. The fourth-order valence-electron chi connectivity index (χ4n) is 2.48. The monoisotopic (exact) mass is 262 g/mol. The van der Waals surface area contributed by atoms with E-state index in [1.54, 1.807) is 0 Å². The number of hydrogen-bond acceptors (Lipinski definition) is 3. The molecule has 0 radical (unpaired) electrons. The Bertz CT molecular complexity index is 432. The Balaban J connectivity index is 1.78. The van der Waals surface area contributed by atoms with Crippen LogP contribution in [0.15, 0.2) is 46.6 Å². The molecule has 0 bridgehead atoms. The Morgan fingerprint density at radius 2 is 2.33 bits per heavy atom. The van der Waals surface area contributed by atoms with Crippen LogP contribution in [0.3, 0.4) is 0 Å². The van der Waals surface area contributed by atoms with E-state index in [4.69, 9.17) is 9.47 Å². The summed E-state index contributed by atoms with van der Waals surface area (Å²) in [5.74, 6) is 1.48. The quantitative estimate of drug-likeness (QED) is 0.759. The lowest BCUT2D eigenvalue weighted by Gasteiger charge is -2.26. The van der Waals surface area contributed by atoms with Crippen molar-refractivity contribution >= 4 is 11.8 Å². The molecule has 0 saturated heterocycles. The highest BCUT2D eigenvalue weighted by molar-refractivity contribution is 8.02. The Kier molecular flexibility index (Phi) is 3.91. The summed E-state index contributed by atoms with van der Waals surface area (Å²) in [6.45, 7) is 2.39. The predicted molar refractivity (Wildman–Crippen MR) is 75.3 cm³/mol. The van der Waals surface area contributed by atoms with Gasteiger partial charge in [-0.25, -0.2) is 0 Å². The van der Waals surface area contributed by atoms with Crippen molar-refractivity contribution in [1.29, 1.82) is 0 Å². The number of allylic oxidation sites excluding steroid dienone is 1. The Morgan fingerprint density at radius 1 is 1.33 bits per heavy atom. The summed E-state index contributed by atoms with van der Waals surface area (Å²) in [6.07, 6.45) is 11.0. The van der Waals surface area contributed by atoms with E-state index in [1.807, 2.05) is 18.0 Å². The maximum atomic E-state index is 5.75. The van der Waals surface area contributed by atoms with E-state index in [2.05, 4.69) is 23.6 Å². The van der Waals surface area contributed by atoms with E-state index in [0.29, 0.717) is 5.92 Å². The summed E-state index contributed by atoms with van der Waals surface area (Å²) in [7, 11) is 0. The summed E-state index contributed by atoms with van der Waals surface area (Å²) >= 11 is 1.85. The summed E-state index contributed by atoms with van der Waals surface area (Å²) in [6, 6.07) is 0. The summed E-state index contributed by atoms with van der Waals surface area (Å²) in [4.78, 5) is 0. The van der Waals surface area contributed by atoms with Crippen LogP contribution in [0.4, 0.5) is 0 Å². The molecule has 0 aromatic heterocycles. The minimum atomic E-state index is 0.398. The van der Waals surface area contributed by atoms with Gasteiger partial charge in [0.05, 0.1) is 26.1 Å². The van der Waals surface area contributed by atoms with Crippen LogP contribution < -0.4 is 0 Å². The van der Waals surface area contributed by atoms with Crippen molar-refractivity contribution in [3.8, 4) is 0 Å². The first-order valence-electron chi connectivity index (χ1n) is 6.51. The van der Waals surface area contributed by atoms with Gasteiger partial charge >= 0.3 is 0 Å². The van der Waals surface area contributed by atoms with Crippen LogP contribution in [0.5, 0.6) is 0 Å². The number of ether oxygens (including phenoxy) is 2. The lowest BCUT2D eigenvalue weighted by Crippen LogP contribution is -2.20. The third-order valence-electron chi connectivity index (χ3n) is 3.47. The van der Waals surface area contributed by atoms with E-state index in [-0.39, 0.29) is 0 Å². The lowest BCUT2D eigenvalue weighted by molar-refractivity contribution is 0.123. The molecule has 1 unspecified atom stereocenters. The van der Waals surface area contributed by atoms with Gasteiger partial charge in [0.25, 0.3) is 0 Å². The second-order valence-electron chi connectivity index (χ2n) is 4.79. The minimum Gasteiger partial charge on any atom is -0.501 e. The van der Waals surface area contributed by atoms with Gasteiger partial charge in [0.2, 0.25) is 0 Å². The SMILES string of the molecule is C1=CC(C2=CC(C3=COCCC3)COC2)=CSC1. The highest BCUT2D eigenvalue weighted by atomic mass is 32.2. The zero-order valence-electron chi connectivity index (χ0n) is 10.4. The molecule has 96 valence electrons. The van der Waals surface area contributed by atoms with E-state index >= 15 is 0 Å². The van der Waals surface area contributed by atoms with Crippen molar-refractivity contribution in [1.82, 2.24) is 0 Å². The fourth-order valence-corrected chi connectivity index (χ4v) is 3.19. The topological polar surface area (TPSA) is 18.5 Å². The molecule has 0 N–H and O–H groups in total. The average molecular weight is 262 g/mol. The van der Waals surface area contributed by atoms with E-state index in [1.165, 1.54) is 16.7 Å². The summed E-state index contributed by atoms with van der Waals surface area (Å²) < 4.78 is 11.2. The standard InChI is InChI=1S/C15H18O2S/c1-3-12(8-16-5-1)14-7-15(10-17-9-14)13-4-2-6-18-11-13/h2,4,7-8,11,14H,1,3,5-6,9-10H2. The third kappa shape index (κ3) is 2.73. The molecule has 3 heterocycles. The van der Waals surface area contributed by atoms with Crippen LogP contribution in [0.25, 0.3) is 0 Å². The maximum Gasteiger partial charge on any atom is 0.0876 e. The van der Waals surface area contributed by atoms with Crippen LogP contribution in [0, 0.1) is 5.92 Å². The maximum absolute atomic E-state index is 5.75. The van der Waals surface area contributed by atoms with Gasteiger partial charge in [-0.3, -0.25) is 0 Å². The molecule has 0 aromatic carbocycles. The third-order valence-corrected chi connectivity index (χ3v) is 4.27. The second kappa shape index (κ2) is 5.81. The average Bonchev–Trinajstić information content (AvgIpc) is 2.49. The smallest absolute Gasteiger partial charge is 0.0876 e. The molecule has 2 nitrogen and oxygen atoms in total. The van der Waals surface area contributed by atoms with Crippen molar-refractivity contribution in [2.45, 2.75) is 12.8 Å². The molecule has 3 rings (SSSR count). The highest BCUT2D eigenvalue weighted by Gasteiger charge is 2.21.